The van der Waals surface area contributed by atoms with Crippen LogP contribution < -0.4 is 16.0 Å². The van der Waals surface area contributed by atoms with Gasteiger partial charge in [0.25, 0.3) is 5.91 Å². The Morgan fingerprint density at radius 1 is 1.25 bits per heavy atom. The number of hydrogen-bond acceptors (Lipinski definition) is 3. The van der Waals surface area contributed by atoms with Crippen LogP contribution >= 0.6 is 11.6 Å². The molecule has 1 aliphatic rings. The highest BCUT2D eigenvalue weighted by atomic mass is 35.5. The summed E-state index contributed by atoms with van der Waals surface area (Å²) in [5, 5.41) is 9.55. The van der Waals surface area contributed by atoms with Gasteiger partial charge in [0, 0.05) is 23.7 Å². The number of hydrogen-bond donors (Lipinski definition) is 3. The summed E-state index contributed by atoms with van der Waals surface area (Å²) < 4.78 is 0. The van der Waals surface area contributed by atoms with Gasteiger partial charge in [0.1, 0.15) is 6.04 Å². The fourth-order valence-electron chi connectivity index (χ4n) is 2.50. The van der Waals surface area contributed by atoms with Crippen LogP contribution in [0.25, 0.3) is 0 Å². The SMILES string of the molecule is CC(C)C(NC(=O)c1ccc(Cl)cc1)C(=O)NCC1=CCNCC1. The molecule has 0 fully saturated rings. The molecule has 0 radical (unpaired) electrons. The molecule has 24 heavy (non-hydrogen) atoms. The Morgan fingerprint density at radius 2 is 1.96 bits per heavy atom. The summed E-state index contributed by atoms with van der Waals surface area (Å²) in [5.41, 5.74) is 1.70. The molecule has 2 amide bonds. The maximum atomic E-state index is 12.5. The van der Waals surface area contributed by atoms with E-state index in [1.54, 1.807) is 24.3 Å². The minimum absolute atomic E-state index is 0.0109. The van der Waals surface area contributed by atoms with Gasteiger partial charge < -0.3 is 16.0 Å². The van der Waals surface area contributed by atoms with Crippen LogP contribution in [0.4, 0.5) is 0 Å². The summed E-state index contributed by atoms with van der Waals surface area (Å²) >= 11 is 5.83. The second-order valence-corrected chi connectivity index (χ2v) is 6.67. The maximum Gasteiger partial charge on any atom is 0.251 e. The molecule has 0 saturated carbocycles. The van der Waals surface area contributed by atoms with E-state index in [-0.39, 0.29) is 17.7 Å². The molecule has 6 heteroatoms. The summed E-state index contributed by atoms with van der Waals surface area (Å²) in [6, 6.07) is 6.03. The van der Waals surface area contributed by atoms with E-state index >= 15 is 0 Å². The second kappa shape index (κ2) is 8.85. The van der Waals surface area contributed by atoms with Crippen molar-refractivity contribution in [1.29, 1.82) is 0 Å². The van der Waals surface area contributed by atoms with Crippen molar-refractivity contribution in [1.82, 2.24) is 16.0 Å². The Labute approximate surface area is 147 Å². The van der Waals surface area contributed by atoms with E-state index in [9.17, 15) is 9.59 Å². The number of carbonyl (C=O) groups is 2. The van der Waals surface area contributed by atoms with Gasteiger partial charge in [-0.15, -0.1) is 0 Å². The van der Waals surface area contributed by atoms with Crippen molar-refractivity contribution in [3.63, 3.8) is 0 Å². The molecular formula is C18H24ClN3O2. The third-order valence-corrected chi connectivity index (χ3v) is 4.24. The van der Waals surface area contributed by atoms with E-state index in [2.05, 4.69) is 22.0 Å². The normalized spacial score (nSPS) is 15.6. The topological polar surface area (TPSA) is 70.2 Å². The quantitative estimate of drug-likeness (QED) is 0.689. The molecule has 2 rings (SSSR count). The van der Waals surface area contributed by atoms with E-state index in [1.165, 1.54) is 5.57 Å². The summed E-state index contributed by atoms with van der Waals surface area (Å²) in [7, 11) is 0. The molecular weight excluding hydrogens is 326 g/mol. The highest BCUT2D eigenvalue weighted by Crippen LogP contribution is 2.11. The summed E-state index contributed by atoms with van der Waals surface area (Å²) in [5.74, 6) is -0.448. The van der Waals surface area contributed by atoms with Crippen molar-refractivity contribution < 1.29 is 9.59 Å². The number of amides is 2. The lowest BCUT2D eigenvalue weighted by Crippen LogP contribution is -2.50. The zero-order valence-corrected chi connectivity index (χ0v) is 14.8. The molecule has 130 valence electrons. The molecule has 5 nitrogen and oxygen atoms in total. The van der Waals surface area contributed by atoms with Gasteiger partial charge in [0.2, 0.25) is 5.91 Å². The molecule has 1 aliphatic heterocycles. The lowest BCUT2D eigenvalue weighted by Gasteiger charge is -2.23. The van der Waals surface area contributed by atoms with Crippen LogP contribution in [0.3, 0.4) is 0 Å². The maximum absolute atomic E-state index is 12.5. The van der Waals surface area contributed by atoms with E-state index < -0.39 is 6.04 Å². The number of nitrogens with one attached hydrogen (secondary N) is 3. The highest BCUT2D eigenvalue weighted by Gasteiger charge is 2.24. The van der Waals surface area contributed by atoms with Gasteiger partial charge >= 0.3 is 0 Å². The molecule has 0 aliphatic carbocycles. The zero-order chi connectivity index (χ0) is 17.5. The van der Waals surface area contributed by atoms with Crippen LogP contribution in [0.5, 0.6) is 0 Å². The molecule has 1 unspecified atom stereocenters. The Balaban J connectivity index is 1.94. The minimum atomic E-state index is -0.574. The van der Waals surface area contributed by atoms with Crippen molar-refractivity contribution in [2.75, 3.05) is 19.6 Å². The van der Waals surface area contributed by atoms with Crippen molar-refractivity contribution in [3.05, 3.63) is 46.5 Å². The first-order valence-electron chi connectivity index (χ1n) is 8.20. The molecule has 3 N–H and O–H groups in total. The summed E-state index contributed by atoms with van der Waals surface area (Å²) in [4.78, 5) is 24.8. The Bertz CT molecular complexity index is 611. The average molecular weight is 350 g/mol. The van der Waals surface area contributed by atoms with E-state index in [0.717, 1.165) is 19.5 Å². The van der Waals surface area contributed by atoms with E-state index in [1.807, 2.05) is 13.8 Å². The highest BCUT2D eigenvalue weighted by molar-refractivity contribution is 6.30. The van der Waals surface area contributed by atoms with Crippen LogP contribution in [0.2, 0.25) is 5.02 Å². The average Bonchev–Trinajstić information content (AvgIpc) is 2.58. The molecule has 0 bridgehead atoms. The van der Waals surface area contributed by atoms with Gasteiger partial charge in [0.15, 0.2) is 0 Å². The van der Waals surface area contributed by atoms with Crippen LogP contribution in [-0.2, 0) is 4.79 Å². The molecule has 1 heterocycles. The van der Waals surface area contributed by atoms with E-state index in [0.29, 0.717) is 17.1 Å². The lowest BCUT2D eigenvalue weighted by molar-refractivity contribution is -0.123. The van der Waals surface area contributed by atoms with Gasteiger partial charge in [-0.05, 0) is 43.1 Å². The van der Waals surface area contributed by atoms with Gasteiger partial charge in [-0.25, -0.2) is 0 Å². The van der Waals surface area contributed by atoms with Gasteiger partial charge in [-0.3, -0.25) is 9.59 Å². The Hall–Kier alpha value is -1.85. The summed E-state index contributed by atoms with van der Waals surface area (Å²) in [6.45, 7) is 6.13. The number of benzene rings is 1. The van der Waals surface area contributed by atoms with Crippen LogP contribution in [0.1, 0.15) is 30.6 Å². The van der Waals surface area contributed by atoms with Crippen LogP contribution in [-0.4, -0.2) is 37.5 Å². The third-order valence-electron chi connectivity index (χ3n) is 3.99. The second-order valence-electron chi connectivity index (χ2n) is 6.24. The molecule has 1 aromatic carbocycles. The molecule has 0 aromatic heterocycles. The van der Waals surface area contributed by atoms with E-state index in [4.69, 9.17) is 11.6 Å². The lowest BCUT2D eigenvalue weighted by atomic mass is 10.0. The summed E-state index contributed by atoms with van der Waals surface area (Å²) in [6.07, 6.45) is 3.03. The predicted molar refractivity (Wildman–Crippen MR) is 96.1 cm³/mol. The van der Waals surface area contributed by atoms with Gasteiger partial charge in [0.05, 0.1) is 0 Å². The molecule has 0 spiro atoms. The fraction of sp³-hybridized carbons (Fsp3) is 0.444. The van der Waals surface area contributed by atoms with Crippen molar-refractivity contribution in [2.24, 2.45) is 5.92 Å². The van der Waals surface area contributed by atoms with Gasteiger partial charge in [-0.2, -0.15) is 0 Å². The first kappa shape index (κ1) is 18.5. The minimum Gasteiger partial charge on any atom is -0.351 e. The van der Waals surface area contributed by atoms with Gasteiger partial charge in [-0.1, -0.05) is 37.1 Å². The van der Waals surface area contributed by atoms with Crippen LogP contribution in [0.15, 0.2) is 35.9 Å². The van der Waals surface area contributed by atoms with Crippen LogP contribution in [0, 0.1) is 5.92 Å². The fourth-order valence-corrected chi connectivity index (χ4v) is 2.63. The first-order chi connectivity index (χ1) is 11.5. The molecule has 0 saturated heterocycles. The number of halogens is 1. The molecule has 1 aromatic rings. The zero-order valence-electron chi connectivity index (χ0n) is 14.1. The smallest absolute Gasteiger partial charge is 0.251 e. The Kier molecular flexibility index (Phi) is 6.82. The van der Waals surface area contributed by atoms with Crippen molar-refractivity contribution in [2.45, 2.75) is 26.3 Å². The first-order valence-corrected chi connectivity index (χ1v) is 8.58. The third kappa shape index (κ3) is 5.35. The largest absolute Gasteiger partial charge is 0.351 e. The Morgan fingerprint density at radius 3 is 2.54 bits per heavy atom. The van der Waals surface area contributed by atoms with Crippen molar-refractivity contribution in [3.8, 4) is 0 Å². The molecule has 1 atom stereocenters. The predicted octanol–water partition coefficient (Wildman–Crippen LogP) is 2.13. The number of rotatable bonds is 6. The van der Waals surface area contributed by atoms with Crippen molar-refractivity contribution >= 4 is 23.4 Å². The standard InChI is InChI=1S/C18H24ClN3O2/c1-12(2)16(18(24)21-11-13-7-9-20-10-8-13)22-17(23)14-3-5-15(19)6-4-14/h3-7,12,16,20H,8-11H2,1-2H3,(H,21,24)(H,22,23). The number of carbonyl (C=O) groups excluding carboxylic acids is 2. The monoisotopic (exact) mass is 349 g/mol.